The smallest absolute Gasteiger partial charge is 0.335 e. The number of aromatic carboxylic acids is 1. The van der Waals surface area contributed by atoms with E-state index in [1.165, 1.54) is 12.1 Å². The lowest BCUT2D eigenvalue weighted by atomic mass is 10.1. The first-order valence-electron chi connectivity index (χ1n) is 8.10. The Morgan fingerprint density at radius 3 is 2.22 bits per heavy atom. The number of aromatic nitrogens is 1. The van der Waals surface area contributed by atoms with E-state index in [4.69, 9.17) is 5.11 Å². The zero-order valence-electron chi connectivity index (χ0n) is 14.9. The predicted octanol–water partition coefficient (Wildman–Crippen LogP) is 1.85. The lowest BCUT2D eigenvalue weighted by Gasteiger charge is -2.15. The van der Waals surface area contributed by atoms with Gasteiger partial charge in [0.2, 0.25) is 0 Å². The zero-order chi connectivity index (χ0) is 19.9. The third-order valence-electron chi connectivity index (χ3n) is 4.40. The number of nitrogens with zero attached hydrogens (tertiary/aromatic N) is 1. The normalized spacial score (nSPS) is 14.0. The van der Waals surface area contributed by atoms with Crippen LogP contribution in [0.15, 0.2) is 29.8 Å². The minimum absolute atomic E-state index is 0.159. The number of carbonyl (C=O) groups excluding carboxylic acids is 3. The summed E-state index contributed by atoms with van der Waals surface area (Å²) in [6.07, 6.45) is 1.43. The molecule has 0 atom stereocenters. The summed E-state index contributed by atoms with van der Waals surface area (Å²) in [6.45, 7) is 5.50. The maximum atomic E-state index is 11.9. The first-order chi connectivity index (χ1) is 12.7. The molecule has 0 radical (unpaired) electrons. The lowest BCUT2D eigenvalue weighted by molar-refractivity contribution is -0.123. The molecule has 3 rings (SSSR count). The molecule has 3 N–H and O–H groups in total. The molecule has 8 nitrogen and oxygen atoms in total. The van der Waals surface area contributed by atoms with Crippen LogP contribution in [0.1, 0.15) is 32.9 Å². The van der Waals surface area contributed by atoms with Gasteiger partial charge in [-0.05, 0) is 62.2 Å². The second kappa shape index (κ2) is 6.56. The van der Waals surface area contributed by atoms with Crippen molar-refractivity contribution in [1.82, 2.24) is 15.2 Å². The fourth-order valence-electron chi connectivity index (χ4n) is 3.11. The summed E-state index contributed by atoms with van der Waals surface area (Å²) in [4.78, 5) is 46.1. The molecule has 0 unspecified atom stereocenters. The molecule has 0 aliphatic carbocycles. The molecule has 1 aliphatic rings. The number of carboxylic acids is 1. The summed E-state index contributed by atoms with van der Waals surface area (Å²) in [5.41, 5.74) is 3.86. The van der Waals surface area contributed by atoms with Gasteiger partial charge in [0.1, 0.15) is 5.57 Å². The number of amides is 4. The molecule has 8 heteroatoms. The van der Waals surface area contributed by atoms with E-state index < -0.39 is 23.8 Å². The zero-order valence-corrected chi connectivity index (χ0v) is 14.9. The predicted molar refractivity (Wildman–Crippen MR) is 96.6 cm³/mol. The van der Waals surface area contributed by atoms with Crippen molar-refractivity contribution < 1.29 is 24.3 Å². The van der Waals surface area contributed by atoms with Gasteiger partial charge in [0.05, 0.1) is 5.56 Å². The lowest BCUT2D eigenvalue weighted by Crippen LogP contribution is -2.51. The molecule has 1 aromatic heterocycles. The first kappa shape index (κ1) is 18.1. The number of imide groups is 2. The van der Waals surface area contributed by atoms with E-state index in [0.29, 0.717) is 5.56 Å². The molecular weight excluding hydrogens is 350 g/mol. The molecule has 138 valence electrons. The molecule has 2 heterocycles. The highest BCUT2D eigenvalue weighted by Gasteiger charge is 2.28. The molecule has 1 aliphatic heterocycles. The van der Waals surface area contributed by atoms with Crippen LogP contribution in [0, 0.1) is 20.8 Å². The van der Waals surface area contributed by atoms with Crippen LogP contribution in [0.2, 0.25) is 0 Å². The number of benzene rings is 1. The van der Waals surface area contributed by atoms with Gasteiger partial charge < -0.3 is 9.67 Å². The second-order valence-corrected chi connectivity index (χ2v) is 6.26. The summed E-state index contributed by atoms with van der Waals surface area (Å²) in [5, 5.41) is 13.2. The molecule has 1 saturated heterocycles. The summed E-state index contributed by atoms with van der Waals surface area (Å²) in [7, 11) is 0. The Balaban J connectivity index is 2.07. The minimum atomic E-state index is -1.00. The molecule has 2 aromatic rings. The van der Waals surface area contributed by atoms with Gasteiger partial charge in [-0.1, -0.05) is 0 Å². The largest absolute Gasteiger partial charge is 0.478 e. The van der Waals surface area contributed by atoms with Gasteiger partial charge in [0.25, 0.3) is 11.8 Å². The first-order valence-corrected chi connectivity index (χ1v) is 8.10. The number of carbonyl (C=O) groups is 4. The van der Waals surface area contributed by atoms with Crippen molar-refractivity contribution in [3.8, 4) is 5.69 Å². The Bertz CT molecular complexity index is 1020. The van der Waals surface area contributed by atoms with Gasteiger partial charge in [-0.2, -0.15) is 0 Å². The van der Waals surface area contributed by atoms with Crippen molar-refractivity contribution in [2.45, 2.75) is 20.8 Å². The van der Waals surface area contributed by atoms with E-state index in [9.17, 15) is 19.2 Å². The van der Waals surface area contributed by atoms with Crippen LogP contribution in [0.4, 0.5) is 4.79 Å². The average molecular weight is 367 g/mol. The Morgan fingerprint density at radius 1 is 1.04 bits per heavy atom. The molecule has 0 bridgehead atoms. The summed E-state index contributed by atoms with van der Waals surface area (Å²) in [5.74, 6) is -2.51. The van der Waals surface area contributed by atoms with E-state index in [2.05, 4.69) is 0 Å². The fraction of sp³-hybridized carbons (Fsp3) is 0.158. The molecule has 4 amide bonds. The third kappa shape index (κ3) is 3.24. The van der Waals surface area contributed by atoms with Crippen LogP contribution < -0.4 is 10.6 Å². The molecular formula is C19H17N3O5. The van der Waals surface area contributed by atoms with Gasteiger partial charge in [-0.25, -0.2) is 9.59 Å². The van der Waals surface area contributed by atoms with Crippen molar-refractivity contribution in [3.05, 3.63) is 57.9 Å². The van der Waals surface area contributed by atoms with E-state index in [1.807, 2.05) is 42.0 Å². The van der Waals surface area contributed by atoms with Gasteiger partial charge in [-0.3, -0.25) is 20.2 Å². The van der Waals surface area contributed by atoms with Crippen LogP contribution in [-0.4, -0.2) is 33.5 Å². The van der Waals surface area contributed by atoms with Gasteiger partial charge >= 0.3 is 12.0 Å². The number of aryl methyl sites for hydroxylation is 2. The summed E-state index contributed by atoms with van der Waals surface area (Å²) in [6, 6.07) is 5.79. The van der Waals surface area contributed by atoms with E-state index in [-0.39, 0.29) is 11.1 Å². The SMILES string of the molecule is Cc1cc(C(=O)O)ccc1-n1c(C)cc(C=C2C(=O)NC(=O)NC2=O)c1C. The average Bonchev–Trinajstić information content (AvgIpc) is 2.85. The molecule has 27 heavy (non-hydrogen) atoms. The Hall–Kier alpha value is -3.68. The second-order valence-electron chi connectivity index (χ2n) is 6.26. The minimum Gasteiger partial charge on any atom is -0.478 e. The number of hydrogen-bond acceptors (Lipinski definition) is 4. The van der Waals surface area contributed by atoms with Crippen LogP contribution in [0.3, 0.4) is 0 Å². The molecule has 0 spiro atoms. The standard InChI is InChI=1S/C19H17N3O5/c1-9-6-12(18(25)26)4-5-15(9)22-10(2)7-13(11(22)3)8-14-16(23)20-19(27)21-17(14)24/h4-8H,1-3H3,(H,25,26)(H2,20,21,23,24,27). The van der Waals surface area contributed by atoms with E-state index in [0.717, 1.165) is 22.6 Å². The van der Waals surface area contributed by atoms with Crippen molar-refractivity contribution in [2.75, 3.05) is 0 Å². The highest BCUT2D eigenvalue weighted by molar-refractivity contribution is 6.31. The fourth-order valence-corrected chi connectivity index (χ4v) is 3.11. The van der Waals surface area contributed by atoms with Crippen molar-refractivity contribution >= 4 is 29.9 Å². The van der Waals surface area contributed by atoms with Crippen molar-refractivity contribution in [2.24, 2.45) is 0 Å². The Morgan fingerprint density at radius 2 is 1.67 bits per heavy atom. The molecule has 1 fully saturated rings. The maximum Gasteiger partial charge on any atom is 0.335 e. The number of barbiturate groups is 1. The highest BCUT2D eigenvalue weighted by Crippen LogP contribution is 2.26. The molecule has 1 aromatic carbocycles. The number of rotatable bonds is 3. The van der Waals surface area contributed by atoms with Crippen LogP contribution in [0.5, 0.6) is 0 Å². The topological polar surface area (TPSA) is 118 Å². The quantitative estimate of drug-likeness (QED) is 0.565. The van der Waals surface area contributed by atoms with Gasteiger partial charge in [-0.15, -0.1) is 0 Å². The number of carboxylic acid groups (broad SMARTS) is 1. The monoisotopic (exact) mass is 367 g/mol. The third-order valence-corrected chi connectivity index (χ3v) is 4.40. The molecule has 0 saturated carbocycles. The Labute approximate surface area is 154 Å². The number of hydrogen-bond donors (Lipinski definition) is 3. The summed E-state index contributed by atoms with van der Waals surface area (Å²) < 4.78 is 1.91. The van der Waals surface area contributed by atoms with Crippen LogP contribution in [0.25, 0.3) is 11.8 Å². The van der Waals surface area contributed by atoms with Gasteiger partial charge in [0, 0.05) is 17.1 Å². The maximum absolute atomic E-state index is 11.9. The highest BCUT2D eigenvalue weighted by atomic mass is 16.4. The van der Waals surface area contributed by atoms with Crippen LogP contribution in [-0.2, 0) is 9.59 Å². The number of nitrogens with one attached hydrogen (secondary N) is 2. The van der Waals surface area contributed by atoms with E-state index >= 15 is 0 Å². The van der Waals surface area contributed by atoms with Crippen molar-refractivity contribution in [1.29, 1.82) is 0 Å². The van der Waals surface area contributed by atoms with Gasteiger partial charge in [0.15, 0.2) is 0 Å². The summed E-state index contributed by atoms with van der Waals surface area (Å²) >= 11 is 0. The van der Waals surface area contributed by atoms with Crippen LogP contribution >= 0.6 is 0 Å². The van der Waals surface area contributed by atoms with Crippen molar-refractivity contribution in [3.63, 3.8) is 0 Å². The van der Waals surface area contributed by atoms with E-state index in [1.54, 1.807) is 12.1 Å². The number of urea groups is 1. The Kier molecular flexibility index (Phi) is 4.40.